The molecule has 58 valence electrons. The molecular formula is C5H6ClN5. The Kier molecular flexibility index (Phi) is 1.91. The Labute approximate surface area is 68.4 Å². The van der Waals surface area contributed by atoms with Gasteiger partial charge in [-0.25, -0.2) is 9.97 Å². The first-order valence-electron chi connectivity index (χ1n) is 2.78. The molecule has 2 rings (SSSR count). The summed E-state index contributed by atoms with van der Waals surface area (Å²) in [6, 6.07) is 0. The van der Waals surface area contributed by atoms with E-state index in [2.05, 4.69) is 20.2 Å². The molecule has 11 heavy (non-hydrogen) atoms. The molecule has 0 unspecified atom stereocenters. The fourth-order valence-corrected chi connectivity index (χ4v) is 0.757. The van der Waals surface area contributed by atoms with Gasteiger partial charge in [0.25, 0.3) is 0 Å². The Hall–Kier alpha value is -1.36. The number of aromatic nitrogens is 4. The molecule has 3 N–H and O–H groups in total. The molecular weight excluding hydrogens is 166 g/mol. The smallest absolute Gasteiger partial charge is 0.220 e. The zero-order valence-corrected chi connectivity index (χ0v) is 6.30. The molecule has 0 saturated carbocycles. The van der Waals surface area contributed by atoms with Crippen LogP contribution in [0.4, 0.5) is 5.95 Å². The molecule has 0 aliphatic rings. The minimum atomic E-state index is 0. The third kappa shape index (κ3) is 1.22. The summed E-state index contributed by atoms with van der Waals surface area (Å²) in [6.45, 7) is 0. The maximum Gasteiger partial charge on any atom is 0.220 e. The summed E-state index contributed by atoms with van der Waals surface area (Å²) < 4.78 is 0. The van der Waals surface area contributed by atoms with Crippen molar-refractivity contribution >= 4 is 29.4 Å². The lowest BCUT2D eigenvalue weighted by molar-refractivity contribution is 1.11. The highest BCUT2D eigenvalue weighted by Gasteiger charge is 1.95. The number of H-pyrrole nitrogens is 1. The molecule has 0 spiro atoms. The summed E-state index contributed by atoms with van der Waals surface area (Å²) in [4.78, 5) is 7.68. The summed E-state index contributed by atoms with van der Waals surface area (Å²) >= 11 is 0. The van der Waals surface area contributed by atoms with E-state index in [9.17, 15) is 0 Å². The topological polar surface area (TPSA) is 80.5 Å². The quantitative estimate of drug-likeness (QED) is 0.600. The number of anilines is 1. The number of hydrogen-bond donors (Lipinski definition) is 2. The van der Waals surface area contributed by atoms with Gasteiger partial charge in [0.2, 0.25) is 5.95 Å². The summed E-state index contributed by atoms with van der Waals surface area (Å²) in [5.74, 6) is 0.272. The lowest BCUT2D eigenvalue weighted by Gasteiger charge is -1.87. The minimum Gasteiger partial charge on any atom is -0.368 e. The van der Waals surface area contributed by atoms with Crippen molar-refractivity contribution in [2.24, 2.45) is 0 Å². The normalized spacial score (nSPS) is 9.45. The van der Waals surface area contributed by atoms with Crippen molar-refractivity contribution in [2.75, 3.05) is 5.73 Å². The van der Waals surface area contributed by atoms with Gasteiger partial charge < -0.3 is 5.73 Å². The lowest BCUT2D eigenvalue weighted by Crippen LogP contribution is -1.92. The van der Waals surface area contributed by atoms with Gasteiger partial charge in [-0.2, -0.15) is 5.10 Å². The molecule has 0 amide bonds. The third-order valence-electron chi connectivity index (χ3n) is 1.21. The molecule has 0 aromatic carbocycles. The number of halogens is 1. The van der Waals surface area contributed by atoms with Crippen molar-refractivity contribution < 1.29 is 0 Å². The molecule has 2 heterocycles. The molecule has 6 heteroatoms. The van der Waals surface area contributed by atoms with Gasteiger partial charge >= 0.3 is 0 Å². The zero-order chi connectivity index (χ0) is 6.97. The molecule has 2 aromatic rings. The van der Waals surface area contributed by atoms with Crippen LogP contribution in [0.3, 0.4) is 0 Å². The van der Waals surface area contributed by atoms with Gasteiger partial charge in [-0.05, 0) is 0 Å². The van der Waals surface area contributed by atoms with E-state index in [0.29, 0.717) is 0 Å². The molecule has 0 aliphatic carbocycles. The summed E-state index contributed by atoms with van der Waals surface area (Å²) in [6.07, 6.45) is 3.21. The van der Waals surface area contributed by atoms with E-state index >= 15 is 0 Å². The fraction of sp³-hybridized carbons (Fsp3) is 0. The Bertz CT molecular complexity index is 356. The fourth-order valence-electron chi connectivity index (χ4n) is 0.757. The number of nitrogens with two attached hydrogens (primary N) is 1. The van der Waals surface area contributed by atoms with Crippen molar-refractivity contribution in [3.8, 4) is 0 Å². The van der Waals surface area contributed by atoms with Crippen LogP contribution in [0, 0.1) is 0 Å². The lowest BCUT2D eigenvalue weighted by atomic mass is 10.5. The molecule has 0 fully saturated rings. The first-order valence-corrected chi connectivity index (χ1v) is 2.78. The van der Waals surface area contributed by atoms with Crippen molar-refractivity contribution in [3.05, 3.63) is 12.4 Å². The Balaban J connectivity index is 0.000000605. The standard InChI is InChI=1S/C5H5N5.ClH/c6-5-7-1-4-3(9-5)2-8-10-4;/h1-2H,(H,8,10)(H2,6,7,9);1H. The van der Waals surface area contributed by atoms with Crippen molar-refractivity contribution in [1.29, 1.82) is 0 Å². The van der Waals surface area contributed by atoms with Gasteiger partial charge in [0.05, 0.1) is 12.4 Å². The van der Waals surface area contributed by atoms with Gasteiger partial charge in [-0.3, -0.25) is 5.10 Å². The highest BCUT2D eigenvalue weighted by atomic mass is 35.5. The molecule has 0 radical (unpaired) electrons. The minimum absolute atomic E-state index is 0. The third-order valence-corrected chi connectivity index (χ3v) is 1.21. The number of hydrogen-bond acceptors (Lipinski definition) is 4. The Morgan fingerprint density at radius 1 is 1.36 bits per heavy atom. The maximum absolute atomic E-state index is 5.32. The average molecular weight is 172 g/mol. The van der Waals surface area contributed by atoms with E-state index in [4.69, 9.17) is 5.73 Å². The number of rotatable bonds is 0. The van der Waals surface area contributed by atoms with Crippen LogP contribution in [0.5, 0.6) is 0 Å². The summed E-state index contributed by atoms with van der Waals surface area (Å²) in [7, 11) is 0. The zero-order valence-electron chi connectivity index (χ0n) is 5.48. The van der Waals surface area contributed by atoms with Crippen LogP contribution in [0.1, 0.15) is 0 Å². The van der Waals surface area contributed by atoms with E-state index < -0.39 is 0 Å². The summed E-state index contributed by atoms with van der Waals surface area (Å²) in [5.41, 5.74) is 6.86. The van der Waals surface area contributed by atoms with Crippen LogP contribution in [-0.4, -0.2) is 20.2 Å². The monoisotopic (exact) mass is 171 g/mol. The van der Waals surface area contributed by atoms with Crippen molar-refractivity contribution in [1.82, 2.24) is 20.2 Å². The SMILES string of the molecule is Cl.Nc1ncc2[nH]ncc2n1. The number of fused-ring (bicyclic) bond motifs is 1. The van der Waals surface area contributed by atoms with Gasteiger partial charge in [-0.1, -0.05) is 0 Å². The molecule has 2 aromatic heterocycles. The highest BCUT2D eigenvalue weighted by Crippen LogP contribution is 2.04. The van der Waals surface area contributed by atoms with E-state index in [0.717, 1.165) is 11.0 Å². The van der Waals surface area contributed by atoms with E-state index in [1.54, 1.807) is 12.4 Å². The molecule has 5 nitrogen and oxygen atoms in total. The summed E-state index contributed by atoms with van der Waals surface area (Å²) in [5, 5.41) is 6.48. The van der Waals surface area contributed by atoms with Crippen LogP contribution in [0.15, 0.2) is 12.4 Å². The molecule has 0 atom stereocenters. The van der Waals surface area contributed by atoms with Crippen LogP contribution in [-0.2, 0) is 0 Å². The first-order chi connectivity index (χ1) is 4.86. The maximum atomic E-state index is 5.32. The van der Waals surface area contributed by atoms with E-state index in [1.807, 2.05) is 0 Å². The van der Waals surface area contributed by atoms with Crippen molar-refractivity contribution in [2.45, 2.75) is 0 Å². The second-order valence-electron chi connectivity index (χ2n) is 1.90. The van der Waals surface area contributed by atoms with E-state index in [-0.39, 0.29) is 18.4 Å². The molecule has 0 aliphatic heterocycles. The van der Waals surface area contributed by atoms with Gasteiger partial charge in [-0.15, -0.1) is 12.4 Å². The largest absolute Gasteiger partial charge is 0.368 e. The number of nitrogens with zero attached hydrogens (tertiary/aromatic N) is 3. The predicted molar refractivity (Wildman–Crippen MR) is 43.3 cm³/mol. The predicted octanol–water partition coefficient (Wildman–Crippen LogP) is 0.357. The van der Waals surface area contributed by atoms with Crippen LogP contribution in [0.2, 0.25) is 0 Å². The highest BCUT2D eigenvalue weighted by molar-refractivity contribution is 5.85. The second kappa shape index (κ2) is 2.71. The Morgan fingerprint density at radius 2 is 2.18 bits per heavy atom. The van der Waals surface area contributed by atoms with Crippen LogP contribution < -0.4 is 5.73 Å². The molecule has 0 bridgehead atoms. The van der Waals surface area contributed by atoms with Crippen LogP contribution >= 0.6 is 12.4 Å². The number of aromatic amines is 1. The van der Waals surface area contributed by atoms with E-state index in [1.165, 1.54) is 0 Å². The number of nitrogens with one attached hydrogen (secondary N) is 1. The van der Waals surface area contributed by atoms with Gasteiger partial charge in [0.15, 0.2) is 0 Å². The second-order valence-corrected chi connectivity index (χ2v) is 1.90. The van der Waals surface area contributed by atoms with Gasteiger partial charge in [0, 0.05) is 0 Å². The number of nitrogen functional groups attached to an aromatic ring is 1. The van der Waals surface area contributed by atoms with Crippen LogP contribution in [0.25, 0.3) is 11.0 Å². The average Bonchev–Trinajstić information content (AvgIpc) is 2.33. The van der Waals surface area contributed by atoms with Crippen molar-refractivity contribution in [3.63, 3.8) is 0 Å². The Morgan fingerprint density at radius 3 is 3.00 bits per heavy atom. The molecule has 0 saturated heterocycles. The first kappa shape index (κ1) is 7.74. The van der Waals surface area contributed by atoms with Gasteiger partial charge in [0.1, 0.15) is 11.0 Å².